The number of rotatable bonds is 0. The van der Waals surface area contributed by atoms with Crippen LogP contribution in [0.25, 0.3) is 0 Å². The molecule has 0 aromatic heterocycles. The van der Waals surface area contributed by atoms with Crippen molar-refractivity contribution in [3.05, 3.63) is 34.4 Å². The van der Waals surface area contributed by atoms with E-state index < -0.39 is 6.17 Å². The fourth-order valence-electron chi connectivity index (χ4n) is 4.19. The molecule has 2 aliphatic carbocycles. The molecule has 0 spiro atoms. The molecule has 1 saturated carbocycles. The molecule has 3 unspecified atom stereocenters. The van der Waals surface area contributed by atoms with Gasteiger partial charge in [-0.2, -0.15) is 0 Å². The second kappa shape index (κ2) is 4.08. The summed E-state index contributed by atoms with van der Waals surface area (Å²) in [5.74, 6) is 0.742. The maximum Gasteiger partial charge on any atom is 0.108 e. The van der Waals surface area contributed by atoms with Crippen molar-refractivity contribution in [2.24, 2.45) is 5.92 Å². The first-order valence-corrected chi connectivity index (χ1v) is 7.91. The van der Waals surface area contributed by atoms with Gasteiger partial charge < -0.3 is 0 Å². The minimum atomic E-state index is -0.613. The van der Waals surface area contributed by atoms with E-state index in [0.29, 0.717) is 5.92 Å². The molecule has 0 radical (unpaired) electrons. The second-order valence-electron chi connectivity index (χ2n) is 8.79. The van der Waals surface area contributed by atoms with Crippen LogP contribution in [0.3, 0.4) is 0 Å². The van der Waals surface area contributed by atoms with Crippen molar-refractivity contribution in [2.75, 3.05) is 0 Å². The van der Waals surface area contributed by atoms with E-state index in [4.69, 9.17) is 0 Å². The smallest absolute Gasteiger partial charge is 0.108 e. The fraction of sp³-hybridized carbons (Fsp3) is 0.684. The molecule has 3 atom stereocenters. The lowest BCUT2D eigenvalue weighted by molar-refractivity contribution is 0.103. The van der Waals surface area contributed by atoms with E-state index in [0.717, 1.165) is 12.8 Å². The van der Waals surface area contributed by atoms with Gasteiger partial charge in [-0.15, -0.1) is 0 Å². The van der Waals surface area contributed by atoms with E-state index in [1.807, 2.05) is 0 Å². The van der Waals surface area contributed by atoms with Gasteiger partial charge in [-0.05, 0) is 51.8 Å². The predicted octanol–water partition coefficient (Wildman–Crippen LogP) is 5.28. The zero-order valence-corrected chi connectivity index (χ0v) is 13.7. The maximum absolute atomic E-state index is 14.1. The third kappa shape index (κ3) is 1.93. The Bertz CT molecular complexity index is 542. The average molecular weight is 274 g/mol. The highest BCUT2D eigenvalue weighted by atomic mass is 19.1. The lowest BCUT2D eigenvalue weighted by Crippen LogP contribution is -2.34. The van der Waals surface area contributed by atoms with E-state index in [-0.39, 0.29) is 16.7 Å². The van der Waals surface area contributed by atoms with Gasteiger partial charge in [0.05, 0.1) is 0 Å². The zero-order chi connectivity index (χ0) is 14.9. The standard InChI is InChI=1S/C19H27F/c1-18(2,3)13-7-8-14(19(4,5)6)17-12(13)9-11-10-15(20)16(11)17/h7-8,11,15-16H,9-10H2,1-6H3. The highest BCUT2D eigenvalue weighted by Crippen LogP contribution is 2.56. The Morgan fingerprint density at radius 3 is 2.00 bits per heavy atom. The number of hydrogen-bond donors (Lipinski definition) is 0. The molecule has 0 saturated heterocycles. The molecule has 0 nitrogen and oxygen atoms in total. The molecule has 0 bridgehead atoms. The van der Waals surface area contributed by atoms with Gasteiger partial charge in [-0.3, -0.25) is 0 Å². The fourth-order valence-corrected chi connectivity index (χ4v) is 4.19. The molecule has 0 aliphatic heterocycles. The minimum Gasteiger partial charge on any atom is -0.247 e. The zero-order valence-electron chi connectivity index (χ0n) is 13.7. The van der Waals surface area contributed by atoms with Crippen LogP contribution in [-0.4, -0.2) is 6.17 Å². The quantitative estimate of drug-likeness (QED) is 0.604. The van der Waals surface area contributed by atoms with Gasteiger partial charge in [0.25, 0.3) is 0 Å². The lowest BCUT2D eigenvalue weighted by Gasteiger charge is -2.37. The van der Waals surface area contributed by atoms with Crippen molar-refractivity contribution in [1.82, 2.24) is 0 Å². The van der Waals surface area contributed by atoms with Crippen molar-refractivity contribution in [3.63, 3.8) is 0 Å². The summed E-state index contributed by atoms with van der Waals surface area (Å²) in [5, 5.41) is 0. The summed E-state index contributed by atoms with van der Waals surface area (Å²) in [6.45, 7) is 13.6. The lowest BCUT2D eigenvalue weighted by atomic mass is 9.69. The van der Waals surface area contributed by atoms with Crippen LogP contribution in [0.1, 0.15) is 76.1 Å². The largest absolute Gasteiger partial charge is 0.247 e. The second-order valence-corrected chi connectivity index (χ2v) is 8.79. The summed E-state index contributed by atoms with van der Waals surface area (Å²) in [6, 6.07) is 4.57. The van der Waals surface area contributed by atoms with Crippen LogP contribution in [0.5, 0.6) is 0 Å². The predicted molar refractivity (Wildman–Crippen MR) is 83.3 cm³/mol. The molecule has 3 rings (SSSR count). The van der Waals surface area contributed by atoms with Gasteiger partial charge in [0.15, 0.2) is 0 Å². The van der Waals surface area contributed by atoms with Crippen LogP contribution in [0, 0.1) is 5.92 Å². The molecule has 110 valence electrons. The molecule has 0 N–H and O–H groups in total. The van der Waals surface area contributed by atoms with E-state index in [1.54, 1.807) is 0 Å². The Morgan fingerprint density at radius 2 is 1.50 bits per heavy atom. The van der Waals surface area contributed by atoms with Gasteiger partial charge in [-0.1, -0.05) is 53.7 Å². The molecule has 1 heteroatoms. The van der Waals surface area contributed by atoms with E-state index in [1.165, 1.54) is 22.3 Å². The molecule has 2 aliphatic rings. The van der Waals surface area contributed by atoms with Gasteiger partial charge in [0, 0.05) is 5.92 Å². The topological polar surface area (TPSA) is 0 Å². The van der Waals surface area contributed by atoms with Crippen LogP contribution in [0.15, 0.2) is 12.1 Å². The highest BCUT2D eigenvalue weighted by molar-refractivity contribution is 5.53. The van der Waals surface area contributed by atoms with Crippen LogP contribution in [-0.2, 0) is 17.3 Å². The maximum atomic E-state index is 14.1. The molecule has 20 heavy (non-hydrogen) atoms. The molecule has 1 aromatic carbocycles. The Balaban J connectivity index is 2.22. The van der Waals surface area contributed by atoms with Crippen LogP contribution < -0.4 is 0 Å². The van der Waals surface area contributed by atoms with Crippen molar-refractivity contribution < 1.29 is 4.39 Å². The summed E-state index contributed by atoms with van der Waals surface area (Å²) in [6.07, 6.45) is 1.25. The Morgan fingerprint density at radius 1 is 0.950 bits per heavy atom. The number of fused-ring (bicyclic) bond motifs is 3. The Hall–Kier alpha value is -0.850. The summed E-state index contributed by atoms with van der Waals surface area (Å²) in [4.78, 5) is 0. The number of alkyl halides is 1. The van der Waals surface area contributed by atoms with Gasteiger partial charge in [0.2, 0.25) is 0 Å². The van der Waals surface area contributed by atoms with E-state index in [2.05, 4.69) is 53.7 Å². The molecular formula is C19H27F. The summed E-state index contributed by atoms with van der Waals surface area (Å²) in [7, 11) is 0. The molecule has 1 fully saturated rings. The molecule has 0 heterocycles. The van der Waals surface area contributed by atoms with Gasteiger partial charge >= 0.3 is 0 Å². The third-order valence-electron chi connectivity index (χ3n) is 5.20. The van der Waals surface area contributed by atoms with Crippen LogP contribution in [0.4, 0.5) is 4.39 Å². The minimum absolute atomic E-state index is 0.102. The number of halogens is 1. The van der Waals surface area contributed by atoms with Crippen molar-refractivity contribution >= 4 is 0 Å². The van der Waals surface area contributed by atoms with E-state index >= 15 is 0 Å². The van der Waals surface area contributed by atoms with Crippen molar-refractivity contribution in [1.29, 1.82) is 0 Å². The number of benzene rings is 1. The normalized spacial score (nSPS) is 28.9. The van der Waals surface area contributed by atoms with Crippen LogP contribution in [0.2, 0.25) is 0 Å². The van der Waals surface area contributed by atoms with Crippen molar-refractivity contribution in [2.45, 2.75) is 77.3 Å². The summed E-state index contributed by atoms with van der Waals surface area (Å²) >= 11 is 0. The van der Waals surface area contributed by atoms with Gasteiger partial charge in [0.1, 0.15) is 6.17 Å². The summed E-state index contributed by atoms with van der Waals surface area (Å²) in [5.41, 5.74) is 5.90. The Labute approximate surface area is 122 Å². The third-order valence-corrected chi connectivity index (χ3v) is 5.20. The summed E-state index contributed by atoms with van der Waals surface area (Å²) < 4.78 is 14.1. The highest BCUT2D eigenvalue weighted by Gasteiger charge is 2.50. The first-order valence-electron chi connectivity index (χ1n) is 7.91. The van der Waals surface area contributed by atoms with Gasteiger partial charge in [-0.25, -0.2) is 4.39 Å². The molecule has 0 amide bonds. The number of hydrogen-bond acceptors (Lipinski definition) is 0. The SMILES string of the molecule is CC(C)(C)c1ccc(C(C)(C)C)c2c1CC1CC(F)C21. The average Bonchev–Trinajstić information content (AvgIpc) is 2.56. The monoisotopic (exact) mass is 274 g/mol. The first-order chi connectivity index (χ1) is 9.10. The van der Waals surface area contributed by atoms with Crippen molar-refractivity contribution in [3.8, 4) is 0 Å². The molecule has 1 aromatic rings. The molecular weight excluding hydrogens is 247 g/mol. The van der Waals surface area contributed by atoms with Crippen LogP contribution >= 0.6 is 0 Å². The first kappa shape index (κ1) is 14.1. The van der Waals surface area contributed by atoms with E-state index in [9.17, 15) is 4.39 Å². The Kier molecular flexibility index (Phi) is 2.88.